The van der Waals surface area contributed by atoms with Gasteiger partial charge in [-0.15, -0.1) is 12.4 Å². The Morgan fingerprint density at radius 3 is 2.50 bits per heavy atom. The number of halogens is 1. The van der Waals surface area contributed by atoms with Crippen molar-refractivity contribution in [3.05, 3.63) is 35.4 Å². The molecule has 1 aliphatic rings. The molecule has 1 aliphatic heterocycles. The van der Waals surface area contributed by atoms with Gasteiger partial charge in [-0.1, -0.05) is 29.8 Å². The summed E-state index contributed by atoms with van der Waals surface area (Å²) in [6.45, 7) is 2.47. The highest BCUT2D eigenvalue weighted by atomic mass is 35.5. The molecule has 1 aromatic carbocycles. The number of carbonyl (C=O) groups excluding carboxylic acids is 1. The summed E-state index contributed by atoms with van der Waals surface area (Å²) in [4.78, 5) is 10.8. The fourth-order valence-electron chi connectivity index (χ4n) is 1.36. The average molecular weight is 214 g/mol. The molecule has 1 aromatic rings. The first-order valence-corrected chi connectivity index (χ1v) is 4.25. The maximum atomic E-state index is 10.8. The van der Waals surface area contributed by atoms with E-state index in [2.05, 4.69) is 5.32 Å². The lowest BCUT2D eigenvalue weighted by Crippen LogP contribution is -2.18. The zero-order valence-corrected chi connectivity index (χ0v) is 8.64. The lowest BCUT2D eigenvalue weighted by molar-refractivity contribution is 0.177. The molecule has 0 aliphatic carbocycles. The van der Waals surface area contributed by atoms with Crippen LogP contribution in [0.4, 0.5) is 4.79 Å². The van der Waals surface area contributed by atoms with Crippen LogP contribution in [-0.2, 0) is 4.74 Å². The van der Waals surface area contributed by atoms with Gasteiger partial charge < -0.3 is 10.1 Å². The average Bonchev–Trinajstić information content (AvgIpc) is 2.53. The van der Waals surface area contributed by atoms with Crippen molar-refractivity contribution < 1.29 is 9.53 Å². The standard InChI is InChI=1S/C10H11NO2.ClH/c1-7-2-4-8(5-3-7)9-6-13-10(12)11-9;/h2-5,9H,6H2,1H3,(H,11,12);1H/t9-;/m1./s1. The first-order chi connectivity index (χ1) is 6.25. The van der Waals surface area contributed by atoms with E-state index in [-0.39, 0.29) is 24.5 Å². The molecule has 3 nitrogen and oxygen atoms in total. The minimum atomic E-state index is -0.328. The summed E-state index contributed by atoms with van der Waals surface area (Å²) in [5.41, 5.74) is 2.31. The molecule has 0 saturated carbocycles. The number of cyclic esters (lactones) is 1. The summed E-state index contributed by atoms with van der Waals surface area (Å²) in [6, 6.07) is 8.09. The lowest BCUT2D eigenvalue weighted by Gasteiger charge is -2.06. The van der Waals surface area contributed by atoms with Crippen LogP contribution in [0.2, 0.25) is 0 Å². The Hall–Kier alpha value is -1.22. The van der Waals surface area contributed by atoms with Crippen LogP contribution >= 0.6 is 12.4 Å². The number of rotatable bonds is 1. The molecule has 0 aromatic heterocycles. The summed E-state index contributed by atoms with van der Waals surface area (Å²) >= 11 is 0. The normalized spacial score (nSPS) is 19.5. The van der Waals surface area contributed by atoms with Crippen LogP contribution in [-0.4, -0.2) is 12.7 Å². The Balaban J connectivity index is 0.000000980. The first-order valence-electron chi connectivity index (χ1n) is 4.25. The third-order valence-corrected chi connectivity index (χ3v) is 2.15. The Morgan fingerprint density at radius 1 is 1.36 bits per heavy atom. The van der Waals surface area contributed by atoms with E-state index in [1.165, 1.54) is 5.56 Å². The van der Waals surface area contributed by atoms with Gasteiger partial charge in [-0.05, 0) is 12.5 Å². The number of hydrogen-bond donors (Lipinski definition) is 1. The maximum Gasteiger partial charge on any atom is 0.407 e. The van der Waals surface area contributed by atoms with E-state index >= 15 is 0 Å². The van der Waals surface area contributed by atoms with Crippen LogP contribution in [0.5, 0.6) is 0 Å². The van der Waals surface area contributed by atoms with Gasteiger partial charge in [0.05, 0.1) is 6.04 Å². The van der Waals surface area contributed by atoms with Gasteiger partial charge in [-0.25, -0.2) is 4.79 Å². The van der Waals surface area contributed by atoms with Gasteiger partial charge in [-0.2, -0.15) is 0 Å². The van der Waals surface area contributed by atoms with Crippen LogP contribution in [0.3, 0.4) is 0 Å². The Labute approximate surface area is 88.9 Å². The SMILES string of the molecule is Cc1ccc([C@H]2COC(=O)N2)cc1.Cl. The molecular formula is C10H12ClNO2. The van der Waals surface area contributed by atoms with E-state index in [1.54, 1.807) is 0 Å². The van der Waals surface area contributed by atoms with Crippen molar-refractivity contribution in [2.24, 2.45) is 0 Å². The van der Waals surface area contributed by atoms with Crippen LogP contribution in [0, 0.1) is 6.92 Å². The molecule has 1 atom stereocenters. The molecule has 1 heterocycles. The highest BCUT2D eigenvalue weighted by Gasteiger charge is 2.23. The number of nitrogens with one attached hydrogen (secondary N) is 1. The van der Waals surface area contributed by atoms with Crippen LogP contribution in [0.1, 0.15) is 17.2 Å². The highest BCUT2D eigenvalue weighted by molar-refractivity contribution is 5.85. The van der Waals surface area contributed by atoms with E-state index in [9.17, 15) is 4.79 Å². The Kier molecular flexibility index (Phi) is 3.36. The first kappa shape index (κ1) is 10.9. The van der Waals surface area contributed by atoms with Crippen molar-refractivity contribution in [1.82, 2.24) is 5.32 Å². The van der Waals surface area contributed by atoms with E-state index in [0.29, 0.717) is 6.61 Å². The summed E-state index contributed by atoms with van der Waals surface area (Å²) in [7, 11) is 0. The van der Waals surface area contributed by atoms with Crippen LogP contribution < -0.4 is 5.32 Å². The minimum absolute atomic E-state index is 0. The summed E-state index contributed by atoms with van der Waals surface area (Å²) in [5.74, 6) is 0. The van der Waals surface area contributed by atoms with Crippen molar-refractivity contribution in [2.45, 2.75) is 13.0 Å². The zero-order chi connectivity index (χ0) is 9.26. The fraction of sp³-hybridized carbons (Fsp3) is 0.300. The van der Waals surface area contributed by atoms with Crippen molar-refractivity contribution in [3.63, 3.8) is 0 Å². The van der Waals surface area contributed by atoms with Crippen LogP contribution in [0.25, 0.3) is 0 Å². The fourth-order valence-corrected chi connectivity index (χ4v) is 1.36. The van der Waals surface area contributed by atoms with Gasteiger partial charge in [-0.3, -0.25) is 0 Å². The summed E-state index contributed by atoms with van der Waals surface area (Å²) in [5, 5.41) is 2.73. The topological polar surface area (TPSA) is 38.3 Å². The molecule has 76 valence electrons. The number of aryl methyl sites for hydroxylation is 1. The van der Waals surface area contributed by atoms with Gasteiger partial charge in [0, 0.05) is 0 Å². The molecule has 0 unspecified atom stereocenters. The molecule has 14 heavy (non-hydrogen) atoms. The van der Waals surface area contributed by atoms with Crippen molar-refractivity contribution in [2.75, 3.05) is 6.61 Å². The van der Waals surface area contributed by atoms with E-state index in [1.807, 2.05) is 31.2 Å². The summed E-state index contributed by atoms with van der Waals surface area (Å²) in [6.07, 6.45) is -0.328. The number of alkyl carbamates (subject to hydrolysis) is 1. The number of carbonyl (C=O) groups is 1. The van der Waals surface area contributed by atoms with E-state index in [0.717, 1.165) is 5.56 Å². The number of amides is 1. The number of hydrogen-bond acceptors (Lipinski definition) is 2. The Bertz CT molecular complexity index is 323. The van der Waals surface area contributed by atoms with Gasteiger partial charge in [0.25, 0.3) is 0 Å². The molecule has 0 bridgehead atoms. The smallest absolute Gasteiger partial charge is 0.407 e. The third-order valence-electron chi connectivity index (χ3n) is 2.15. The maximum absolute atomic E-state index is 10.8. The molecular weight excluding hydrogens is 202 g/mol. The molecule has 1 N–H and O–H groups in total. The number of ether oxygens (including phenoxy) is 1. The zero-order valence-electron chi connectivity index (χ0n) is 7.82. The van der Waals surface area contributed by atoms with Gasteiger partial charge >= 0.3 is 6.09 Å². The molecule has 1 amide bonds. The van der Waals surface area contributed by atoms with Crippen LogP contribution in [0.15, 0.2) is 24.3 Å². The molecule has 4 heteroatoms. The molecule has 0 radical (unpaired) electrons. The molecule has 0 spiro atoms. The summed E-state index contributed by atoms with van der Waals surface area (Å²) < 4.78 is 4.80. The van der Waals surface area contributed by atoms with Gasteiger partial charge in [0.2, 0.25) is 0 Å². The molecule has 1 fully saturated rings. The Morgan fingerprint density at radius 2 is 2.00 bits per heavy atom. The predicted molar refractivity (Wildman–Crippen MR) is 55.7 cm³/mol. The molecule has 2 rings (SSSR count). The third kappa shape index (κ3) is 2.17. The lowest BCUT2D eigenvalue weighted by atomic mass is 10.1. The van der Waals surface area contributed by atoms with Crippen molar-refractivity contribution in [3.8, 4) is 0 Å². The predicted octanol–water partition coefficient (Wildman–Crippen LogP) is 2.20. The van der Waals surface area contributed by atoms with Gasteiger partial charge in [0.1, 0.15) is 6.61 Å². The number of benzene rings is 1. The highest BCUT2D eigenvalue weighted by Crippen LogP contribution is 2.17. The second-order valence-electron chi connectivity index (χ2n) is 3.21. The second kappa shape index (κ2) is 4.33. The largest absolute Gasteiger partial charge is 0.447 e. The van der Waals surface area contributed by atoms with E-state index in [4.69, 9.17) is 4.74 Å². The molecule has 1 saturated heterocycles. The van der Waals surface area contributed by atoms with Crippen molar-refractivity contribution in [1.29, 1.82) is 0 Å². The van der Waals surface area contributed by atoms with Gasteiger partial charge in [0.15, 0.2) is 0 Å². The second-order valence-corrected chi connectivity index (χ2v) is 3.21. The quantitative estimate of drug-likeness (QED) is 0.777. The van der Waals surface area contributed by atoms with Crippen molar-refractivity contribution >= 4 is 18.5 Å². The monoisotopic (exact) mass is 213 g/mol. The van der Waals surface area contributed by atoms with E-state index < -0.39 is 0 Å². The minimum Gasteiger partial charge on any atom is -0.447 e.